The van der Waals surface area contributed by atoms with Crippen molar-refractivity contribution in [2.24, 2.45) is 0 Å². The molecule has 0 atom stereocenters. The average molecular weight is 257 g/mol. The van der Waals surface area contributed by atoms with Crippen molar-refractivity contribution in [1.82, 2.24) is 9.55 Å². The molecule has 102 valence electrons. The third-order valence-electron chi connectivity index (χ3n) is 3.52. The van der Waals surface area contributed by atoms with Gasteiger partial charge in [-0.1, -0.05) is 45.0 Å². The molecule has 3 heteroatoms. The maximum absolute atomic E-state index is 6.31. The molecule has 0 aliphatic heterocycles. The SMILES string of the molecule is CCc1ccccc1-c1nc(C(C)C)n(CC)c1N. The van der Waals surface area contributed by atoms with E-state index in [1.807, 2.05) is 6.07 Å². The van der Waals surface area contributed by atoms with Crippen molar-refractivity contribution in [3.05, 3.63) is 35.7 Å². The Kier molecular flexibility index (Phi) is 3.93. The fourth-order valence-corrected chi connectivity index (χ4v) is 2.51. The molecular weight excluding hydrogens is 234 g/mol. The molecule has 3 nitrogen and oxygen atoms in total. The number of imidazole rings is 1. The van der Waals surface area contributed by atoms with Gasteiger partial charge < -0.3 is 10.3 Å². The molecule has 0 amide bonds. The smallest absolute Gasteiger partial charge is 0.131 e. The number of anilines is 1. The highest BCUT2D eigenvalue weighted by atomic mass is 15.1. The van der Waals surface area contributed by atoms with Crippen molar-refractivity contribution < 1.29 is 0 Å². The molecule has 0 radical (unpaired) electrons. The summed E-state index contributed by atoms with van der Waals surface area (Å²) in [6, 6.07) is 8.38. The summed E-state index contributed by atoms with van der Waals surface area (Å²) in [6.07, 6.45) is 0.992. The van der Waals surface area contributed by atoms with E-state index in [1.165, 1.54) is 5.56 Å². The Morgan fingerprint density at radius 3 is 2.42 bits per heavy atom. The van der Waals surface area contributed by atoms with Crippen LogP contribution in [0.2, 0.25) is 0 Å². The van der Waals surface area contributed by atoms with Gasteiger partial charge in [0.2, 0.25) is 0 Å². The number of rotatable bonds is 4. The molecular formula is C16H23N3. The van der Waals surface area contributed by atoms with Crippen molar-refractivity contribution in [2.75, 3.05) is 5.73 Å². The van der Waals surface area contributed by atoms with Crippen LogP contribution < -0.4 is 5.73 Å². The molecule has 0 saturated carbocycles. The summed E-state index contributed by atoms with van der Waals surface area (Å²) in [5, 5.41) is 0. The number of aryl methyl sites for hydroxylation is 1. The highest BCUT2D eigenvalue weighted by Crippen LogP contribution is 2.31. The van der Waals surface area contributed by atoms with Gasteiger partial charge in [0.15, 0.2) is 0 Å². The van der Waals surface area contributed by atoms with Gasteiger partial charge in [-0.3, -0.25) is 0 Å². The molecule has 2 rings (SSSR count). The summed E-state index contributed by atoms with van der Waals surface area (Å²) < 4.78 is 2.12. The normalized spacial score (nSPS) is 11.2. The molecule has 0 aliphatic rings. The number of hydrogen-bond donors (Lipinski definition) is 1. The monoisotopic (exact) mass is 257 g/mol. The summed E-state index contributed by atoms with van der Waals surface area (Å²) in [6.45, 7) is 9.45. The predicted octanol–water partition coefficient (Wildman–Crippen LogP) is 3.84. The van der Waals surface area contributed by atoms with E-state index in [2.05, 4.69) is 50.5 Å². The van der Waals surface area contributed by atoms with Crippen molar-refractivity contribution >= 4 is 5.82 Å². The van der Waals surface area contributed by atoms with Gasteiger partial charge in [0.05, 0.1) is 0 Å². The minimum atomic E-state index is 0.379. The number of hydrogen-bond acceptors (Lipinski definition) is 2. The maximum Gasteiger partial charge on any atom is 0.131 e. The molecule has 0 fully saturated rings. The van der Waals surface area contributed by atoms with Gasteiger partial charge in [0.25, 0.3) is 0 Å². The van der Waals surface area contributed by atoms with Crippen LogP contribution in [0.4, 0.5) is 5.82 Å². The third kappa shape index (κ3) is 2.37. The maximum atomic E-state index is 6.31. The zero-order valence-corrected chi connectivity index (χ0v) is 12.3. The number of nitrogens with two attached hydrogens (primary N) is 1. The van der Waals surface area contributed by atoms with E-state index < -0.39 is 0 Å². The summed E-state index contributed by atoms with van der Waals surface area (Å²) >= 11 is 0. The van der Waals surface area contributed by atoms with Gasteiger partial charge in [-0.2, -0.15) is 0 Å². The number of benzene rings is 1. The molecule has 1 aromatic carbocycles. The number of nitrogens with zero attached hydrogens (tertiary/aromatic N) is 2. The average Bonchev–Trinajstić information content (AvgIpc) is 2.75. The lowest BCUT2D eigenvalue weighted by Gasteiger charge is -2.09. The molecule has 0 unspecified atom stereocenters. The molecule has 19 heavy (non-hydrogen) atoms. The summed E-state index contributed by atoms with van der Waals surface area (Å²) in [7, 11) is 0. The Bertz CT molecular complexity index is 567. The second kappa shape index (κ2) is 5.47. The predicted molar refractivity (Wildman–Crippen MR) is 81.2 cm³/mol. The van der Waals surface area contributed by atoms with E-state index in [4.69, 9.17) is 10.7 Å². The lowest BCUT2D eigenvalue weighted by molar-refractivity contribution is 0.658. The first-order valence-electron chi connectivity index (χ1n) is 7.04. The molecule has 0 saturated heterocycles. The second-order valence-electron chi connectivity index (χ2n) is 5.11. The highest BCUT2D eigenvalue weighted by Gasteiger charge is 2.18. The Morgan fingerprint density at radius 1 is 1.21 bits per heavy atom. The quantitative estimate of drug-likeness (QED) is 0.904. The summed E-state index contributed by atoms with van der Waals surface area (Å²) in [4.78, 5) is 4.80. The van der Waals surface area contributed by atoms with E-state index in [0.717, 1.165) is 35.9 Å². The molecule has 2 aromatic rings. The standard InChI is InChI=1S/C16H23N3/c1-5-12-9-7-8-10-13(12)14-15(17)19(6-2)16(18-14)11(3)4/h7-11H,5-6,17H2,1-4H3. The van der Waals surface area contributed by atoms with Gasteiger partial charge in [-0.15, -0.1) is 0 Å². The van der Waals surface area contributed by atoms with Gasteiger partial charge >= 0.3 is 0 Å². The number of nitrogen functional groups attached to an aromatic ring is 1. The van der Waals surface area contributed by atoms with Crippen LogP contribution in [0.15, 0.2) is 24.3 Å². The van der Waals surface area contributed by atoms with Gasteiger partial charge in [0, 0.05) is 18.0 Å². The van der Waals surface area contributed by atoms with Crippen LogP contribution in [0.1, 0.15) is 45.0 Å². The van der Waals surface area contributed by atoms with Gasteiger partial charge in [0.1, 0.15) is 17.3 Å². The summed E-state index contributed by atoms with van der Waals surface area (Å²) in [5.41, 5.74) is 9.70. The van der Waals surface area contributed by atoms with Crippen LogP contribution in [-0.4, -0.2) is 9.55 Å². The second-order valence-corrected chi connectivity index (χ2v) is 5.11. The van der Waals surface area contributed by atoms with Crippen molar-refractivity contribution in [3.63, 3.8) is 0 Å². The Hall–Kier alpha value is -1.77. The molecule has 1 aromatic heterocycles. The highest BCUT2D eigenvalue weighted by molar-refractivity contribution is 5.74. The molecule has 0 spiro atoms. The zero-order chi connectivity index (χ0) is 14.0. The van der Waals surface area contributed by atoms with Crippen molar-refractivity contribution in [3.8, 4) is 11.3 Å². The van der Waals surface area contributed by atoms with Crippen LogP contribution in [0.3, 0.4) is 0 Å². The molecule has 1 heterocycles. The van der Waals surface area contributed by atoms with Gasteiger partial charge in [-0.25, -0.2) is 4.98 Å². The van der Waals surface area contributed by atoms with E-state index in [9.17, 15) is 0 Å². The van der Waals surface area contributed by atoms with Crippen LogP contribution in [0, 0.1) is 0 Å². The first-order valence-corrected chi connectivity index (χ1v) is 7.04. The Labute approximate surface area is 115 Å². The first kappa shape index (κ1) is 13.7. The van der Waals surface area contributed by atoms with E-state index in [-0.39, 0.29) is 0 Å². The van der Waals surface area contributed by atoms with Crippen molar-refractivity contribution in [2.45, 2.75) is 46.6 Å². The van der Waals surface area contributed by atoms with E-state index >= 15 is 0 Å². The minimum Gasteiger partial charge on any atom is -0.383 e. The fourth-order valence-electron chi connectivity index (χ4n) is 2.51. The van der Waals surface area contributed by atoms with Gasteiger partial charge in [-0.05, 0) is 18.9 Å². The fraction of sp³-hybridized carbons (Fsp3) is 0.438. The van der Waals surface area contributed by atoms with Crippen LogP contribution in [0.5, 0.6) is 0 Å². The molecule has 0 bridgehead atoms. The zero-order valence-electron chi connectivity index (χ0n) is 12.3. The first-order chi connectivity index (χ1) is 9.10. The number of aromatic nitrogens is 2. The largest absolute Gasteiger partial charge is 0.383 e. The summed E-state index contributed by atoms with van der Waals surface area (Å²) in [5.74, 6) is 2.23. The van der Waals surface area contributed by atoms with Crippen LogP contribution in [-0.2, 0) is 13.0 Å². The molecule has 0 aliphatic carbocycles. The van der Waals surface area contributed by atoms with Crippen LogP contribution >= 0.6 is 0 Å². The lowest BCUT2D eigenvalue weighted by Crippen LogP contribution is -2.06. The minimum absolute atomic E-state index is 0.379. The van der Waals surface area contributed by atoms with Crippen LogP contribution in [0.25, 0.3) is 11.3 Å². The topological polar surface area (TPSA) is 43.8 Å². The molecule has 2 N–H and O–H groups in total. The van der Waals surface area contributed by atoms with E-state index in [1.54, 1.807) is 0 Å². The lowest BCUT2D eigenvalue weighted by atomic mass is 10.0. The Morgan fingerprint density at radius 2 is 1.89 bits per heavy atom. The third-order valence-corrected chi connectivity index (χ3v) is 3.52. The van der Waals surface area contributed by atoms with Crippen molar-refractivity contribution in [1.29, 1.82) is 0 Å². The van der Waals surface area contributed by atoms with E-state index in [0.29, 0.717) is 5.92 Å². The Balaban J connectivity index is 2.63.